The number of benzene rings is 1. The summed E-state index contributed by atoms with van der Waals surface area (Å²) in [4.78, 5) is 13.4. The maximum absolute atomic E-state index is 4.68. The van der Waals surface area contributed by atoms with Gasteiger partial charge in [0, 0.05) is 18.8 Å². The van der Waals surface area contributed by atoms with Crippen molar-refractivity contribution in [2.24, 2.45) is 0 Å². The second-order valence-electron chi connectivity index (χ2n) is 4.50. The van der Waals surface area contributed by atoms with Crippen molar-refractivity contribution in [3.05, 3.63) is 53.6 Å². The summed E-state index contributed by atoms with van der Waals surface area (Å²) >= 11 is 1.74. The lowest BCUT2D eigenvalue weighted by Crippen LogP contribution is -2.24. The minimum absolute atomic E-state index is 0.113. The van der Waals surface area contributed by atoms with Gasteiger partial charge in [0.1, 0.15) is 5.82 Å². The van der Waals surface area contributed by atoms with Gasteiger partial charge in [0.2, 0.25) is 0 Å². The Hall–Kier alpha value is -1.85. The van der Waals surface area contributed by atoms with Gasteiger partial charge in [-0.05, 0) is 24.7 Å². The van der Waals surface area contributed by atoms with E-state index in [1.807, 2.05) is 18.2 Å². The van der Waals surface area contributed by atoms with Gasteiger partial charge in [0.25, 0.3) is 0 Å². The smallest absolute Gasteiger partial charge is 0.145 e. The molecule has 0 radical (unpaired) electrons. The van der Waals surface area contributed by atoms with Gasteiger partial charge in [0.05, 0.1) is 21.3 Å². The predicted octanol–water partition coefficient (Wildman–Crippen LogP) is 2.98. The van der Waals surface area contributed by atoms with Gasteiger partial charge in [-0.1, -0.05) is 19.1 Å². The summed E-state index contributed by atoms with van der Waals surface area (Å²) in [6.45, 7) is 2.97. The molecule has 0 amide bonds. The van der Waals surface area contributed by atoms with Crippen LogP contribution in [-0.4, -0.2) is 21.5 Å². The zero-order valence-electron chi connectivity index (χ0n) is 11.3. The molecule has 2 aromatic heterocycles. The van der Waals surface area contributed by atoms with E-state index in [-0.39, 0.29) is 6.04 Å². The summed E-state index contributed by atoms with van der Waals surface area (Å²) in [5, 5.41) is 4.55. The first kappa shape index (κ1) is 13.1. The van der Waals surface area contributed by atoms with Gasteiger partial charge >= 0.3 is 0 Å². The van der Waals surface area contributed by atoms with Crippen LogP contribution in [0.2, 0.25) is 0 Å². The molecule has 20 heavy (non-hydrogen) atoms. The average molecular weight is 284 g/mol. The van der Waals surface area contributed by atoms with Gasteiger partial charge in [0.15, 0.2) is 0 Å². The molecule has 1 unspecified atom stereocenters. The molecule has 0 aliphatic heterocycles. The van der Waals surface area contributed by atoms with Gasteiger partial charge in [-0.25, -0.2) is 15.0 Å². The summed E-state index contributed by atoms with van der Waals surface area (Å²) in [6.07, 6.45) is 4.38. The quantitative estimate of drug-likeness (QED) is 0.782. The number of nitrogens with one attached hydrogen (secondary N) is 1. The highest BCUT2D eigenvalue weighted by atomic mass is 32.1. The first-order valence-corrected chi connectivity index (χ1v) is 7.53. The van der Waals surface area contributed by atoms with E-state index in [0.29, 0.717) is 0 Å². The van der Waals surface area contributed by atoms with Crippen LogP contribution in [0, 0.1) is 0 Å². The van der Waals surface area contributed by atoms with Crippen molar-refractivity contribution in [2.75, 3.05) is 6.54 Å². The molecule has 102 valence electrons. The van der Waals surface area contributed by atoms with Crippen LogP contribution in [0.4, 0.5) is 0 Å². The van der Waals surface area contributed by atoms with E-state index >= 15 is 0 Å². The highest BCUT2D eigenvalue weighted by molar-refractivity contribution is 7.18. The number of aromatic nitrogens is 3. The molecule has 1 aromatic carbocycles. The largest absolute Gasteiger partial charge is 0.307 e. The van der Waals surface area contributed by atoms with E-state index in [9.17, 15) is 0 Å². The molecule has 1 atom stereocenters. The SMILES string of the molecule is CCNC(Cc1nc2ccccc2s1)c1ncccn1. The van der Waals surface area contributed by atoms with Crippen molar-refractivity contribution >= 4 is 21.6 Å². The minimum Gasteiger partial charge on any atom is -0.307 e. The predicted molar refractivity (Wildman–Crippen MR) is 81.8 cm³/mol. The summed E-state index contributed by atoms with van der Waals surface area (Å²) < 4.78 is 1.23. The number of hydrogen-bond donors (Lipinski definition) is 1. The lowest BCUT2D eigenvalue weighted by atomic mass is 10.2. The maximum Gasteiger partial charge on any atom is 0.145 e. The maximum atomic E-state index is 4.68. The fourth-order valence-corrected chi connectivity index (χ4v) is 3.19. The number of rotatable bonds is 5. The normalized spacial score (nSPS) is 12.7. The Morgan fingerprint density at radius 1 is 1.15 bits per heavy atom. The second-order valence-corrected chi connectivity index (χ2v) is 5.61. The second kappa shape index (κ2) is 6.07. The number of thiazole rings is 1. The van der Waals surface area contributed by atoms with Gasteiger partial charge in [-0.15, -0.1) is 11.3 Å². The van der Waals surface area contributed by atoms with Crippen LogP contribution in [0.5, 0.6) is 0 Å². The van der Waals surface area contributed by atoms with Gasteiger partial charge in [-0.2, -0.15) is 0 Å². The van der Waals surface area contributed by atoms with E-state index in [1.54, 1.807) is 23.7 Å². The fraction of sp³-hybridized carbons (Fsp3) is 0.267. The number of fused-ring (bicyclic) bond motifs is 1. The molecular weight excluding hydrogens is 268 g/mol. The van der Waals surface area contributed by atoms with Crippen LogP contribution in [-0.2, 0) is 6.42 Å². The van der Waals surface area contributed by atoms with Crippen LogP contribution in [0.25, 0.3) is 10.2 Å². The molecule has 0 fully saturated rings. The van der Waals surface area contributed by atoms with Gasteiger partial charge in [-0.3, -0.25) is 0 Å². The Morgan fingerprint density at radius 3 is 2.70 bits per heavy atom. The third-order valence-corrected chi connectivity index (χ3v) is 4.12. The topological polar surface area (TPSA) is 50.7 Å². The van der Waals surface area contributed by atoms with Crippen LogP contribution >= 0.6 is 11.3 Å². The standard InChI is InChI=1S/C15H16N4S/c1-2-16-12(15-17-8-5-9-18-15)10-14-19-11-6-3-4-7-13(11)20-14/h3-9,12,16H,2,10H2,1H3. The first-order valence-electron chi connectivity index (χ1n) is 6.71. The van der Waals surface area contributed by atoms with E-state index < -0.39 is 0 Å². The summed E-state index contributed by atoms with van der Waals surface area (Å²) in [5.41, 5.74) is 1.07. The number of likely N-dealkylation sites (N-methyl/N-ethyl adjacent to an activating group) is 1. The van der Waals surface area contributed by atoms with Crippen molar-refractivity contribution in [1.82, 2.24) is 20.3 Å². The zero-order valence-corrected chi connectivity index (χ0v) is 12.1. The molecule has 0 aliphatic rings. The number of hydrogen-bond acceptors (Lipinski definition) is 5. The third kappa shape index (κ3) is 2.84. The van der Waals surface area contributed by atoms with Crippen LogP contribution < -0.4 is 5.32 Å². The fourth-order valence-electron chi connectivity index (χ4n) is 2.17. The monoisotopic (exact) mass is 284 g/mol. The van der Waals surface area contributed by atoms with Crippen molar-refractivity contribution in [3.63, 3.8) is 0 Å². The molecule has 0 saturated carbocycles. The number of nitrogens with zero attached hydrogens (tertiary/aromatic N) is 3. The Kier molecular flexibility index (Phi) is 3.99. The van der Waals surface area contributed by atoms with Crippen molar-refractivity contribution in [3.8, 4) is 0 Å². The molecule has 3 rings (SSSR count). The van der Waals surface area contributed by atoms with Crippen molar-refractivity contribution in [1.29, 1.82) is 0 Å². The molecule has 3 aromatic rings. The third-order valence-electron chi connectivity index (χ3n) is 3.06. The van der Waals surface area contributed by atoms with Crippen molar-refractivity contribution < 1.29 is 0 Å². The Balaban J connectivity index is 1.86. The molecule has 5 heteroatoms. The Labute approximate surface area is 121 Å². The molecule has 0 saturated heterocycles. The summed E-state index contributed by atoms with van der Waals surface area (Å²) in [6, 6.07) is 10.2. The van der Waals surface area contributed by atoms with Crippen molar-refractivity contribution in [2.45, 2.75) is 19.4 Å². The molecule has 1 N–H and O–H groups in total. The van der Waals surface area contributed by atoms with E-state index in [1.165, 1.54) is 4.70 Å². The highest BCUT2D eigenvalue weighted by Gasteiger charge is 2.16. The van der Waals surface area contributed by atoms with E-state index in [0.717, 1.165) is 29.3 Å². The molecule has 0 bridgehead atoms. The minimum atomic E-state index is 0.113. The summed E-state index contributed by atoms with van der Waals surface area (Å²) in [7, 11) is 0. The Bertz CT molecular complexity index is 647. The van der Waals surface area contributed by atoms with Crippen LogP contribution in [0.3, 0.4) is 0 Å². The zero-order chi connectivity index (χ0) is 13.8. The Morgan fingerprint density at radius 2 is 1.95 bits per heavy atom. The molecule has 2 heterocycles. The lowest BCUT2D eigenvalue weighted by molar-refractivity contribution is 0.521. The summed E-state index contributed by atoms with van der Waals surface area (Å²) in [5.74, 6) is 0.827. The van der Waals surface area contributed by atoms with E-state index in [4.69, 9.17) is 0 Å². The number of para-hydroxylation sites is 1. The first-order chi connectivity index (χ1) is 9.86. The van der Waals surface area contributed by atoms with Crippen LogP contribution in [0.15, 0.2) is 42.7 Å². The molecule has 0 aliphatic carbocycles. The highest BCUT2D eigenvalue weighted by Crippen LogP contribution is 2.25. The van der Waals surface area contributed by atoms with E-state index in [2.05, 4.69) is 39.3 Å². The van der Waals surface area contributed by atoms with Crippen LogP contribution in [0.1, 0.15) is 23.8 Å². The molecular formula is C15H16N4S. The van der Waals surface area contributed by atoms with Gasteiger partial charge < -0.3 is 5.32 Å². The lowest BCUT2D eigenvalue weighted by Gasteiger charge is -2.14. The average Bonchev–Trinajstić information content (AvgIpc) is 2.90. The molecule has 4 nitrogen and oxygen atoms in total. The molecule has 0 spiro atoms.